The number of rotatable bonds is 5. The van der Waals surface area contributed by atoms with Crippen LogP contribution in [-0.4, -0.2) is 34.6 Å². The zero-order valence-corrected chi connectivity index (χ0v) is 13.3. The van der Waals surface area contributed by atoms with E-state index in [-0.39, 0.29) is 11.6 Å². The number of ether oxygens (including phenoxy) is 1. The maximum atomic E-state index is 12.0. The zero-order valence-electron chi connectivity index (χ0n) is 13.3. The van der Waals surface area contributed by atoms with Gasteiger partial charge in [-0.3, -0.25) is 4.68 Å². The second kappa shape index (κ2) is 6.83. The molecule has 6 nitrogen and oxygen atoms in total. The predicted molar refractivity (Wildman–Crippen MR) is 87.0 cm³/mol. The molecule has 0 saturated carbocycles. The fraction of sp³-hybridized carbons (Fsp3) is 0.412. The summed E-state index contributed by atoms with van der Waals surface area (Å²) < 4.78 is 7.21. The van der Waals surface area contributed by atoms with Crippen LogP contribution in [0.5, 0.6) is 0 Å². The molecular weight excluding hydrogens is 292 g/mol. The van der Waals surface area contributed by atoms with Crippen molar-refractivity contribution in [3.05, 3.63) is 53.9 Å². The van der Waals surface area contributed by atoms with E-state index < -0.39 is 0 Å². The van der Waals surface area contributed by atoms with Gasteiger partial charge in [-0.15, -0.1) is 0 Å². The summed E-state index contributed by atoms with van der Waals surface area (Å²) >= 11 is 0. The van der Waals surface area contributed by atoms with Crippen molar-refractivity contribution in [1.29, 1.82) is 0 Å². The summed E-state index contributed by atoms with van der Waals surface area (Å²) in [6.07, 6.45) is 4.56. The number of nitrogens with zero attached hydrogens (tertiary/aromatic N) is 2. The van der Waals surface area contributed by atoms with Crippen molar-refractivity contribution in [2.45, 2.75) is 32.0 Å². The molecule has 1 saturated heterocycles. The highest BCUT2D eigenvalue weighted by Gasteiger charge is 2.31. The lowest BCUT2D eigenvalue weighted by molar-refractivity contribution is 0.170. The Kier molecular flexibility index (Phi) is 4.62. The molecule has 1 aromatic carbocycles. The van der Waals surface area contributed by atoms with Crippen molar-refractivity contribution < 1.29 is 9.53 Å². The van der Waals surface area contributed by atoms with Crippen molar-refractivity contribution in [3.63, 3.8) is 0 Å². The highest BCUT2D eigenvalue weighted by Crippen LogP contribution is 2.17. The molecule has 2 heterocycles. The average molecular weight is 314 g/mol. The molecule has 2 N–H and O–H groups in total. The minimum Gasteiger partial charge on any atom is -0.379 e. The normalized spacial score (nSPS) is 20.4. The molecule has 0 aliphatic carbocycles. The average Bonchev–Trinajstić information content (AvgIpc) is 3.18. The standard InChI is InChI=1S/C17H22N4O2/c1-17(7-10-23-13-17)20-16(22)18-11-14-3-5-15(6-4-14)12-21-9-2-8-19-21/h2-6,8-9H,7,10-13H2,1H3,(H2,18,20,22). The van der Waals surface area contributed by atoms with E-state index in [0.717, 1.165) is 18.5 Å². The van der Waals surface area contributed by atoms with Crippen LogP contribution in [-0.2, 0) is 17.8 Å². The molecule has 1 aromatic heterocycles. The van der Waals surface area contributed by atoms with Crippen LogP contribution in [0, 0.1) is 0 Å². The van der Waals surface area contributed by atoms with E-state index in [0.29, 0.717) is 19.8 Å². The van der Waals surface area contributed by atoms with Crippen molar-refractivity contribution in [2.24, 2.45) is 0 Å². The number of urea groups is 1. The van der Waals surface area contributed by atoms with Crippen LogP contribution in [0.2, 0.25) is 0 Å². The van der Waals surface area contributed by atoms with Gasteiger partial charge in [0.2, 0.25) is 0 Å². The minimum absolute atomic E-state index is 0.154. The lowest BCUT2D eigenvalue weighted by atomic mass is 10.0. The fourth-order valence-corrected chi connectivity index (χ4v) is 2.61. The first kappa shape index (κ1) is 15.6. The van der Waals surface area contributed by atoms with Gasteiger partial charge in [-0.1, -0.05) is 24.3 Å². The number of carbonyl (C=O) groups excluding carboxylic acids is 1. The molecule has 1 atom stereocenters. The molecule has 1 aliphatic heterocycles. The summed E-state index contributed by atoms with van der Waals surface area (Å²) in [7, 11) is 0. The predicted octanol–water partition coefficient (Wildman–Crippen LogP) is 1.91. The second-order valence-corrected chi connectivity index (χ2v) is 6.19. The largest absolute Gasteiger partial charge is 0.379 e. The number of benzene rings is 1. The molecular formula is C17H22N4O2. The van der Waals surface area contributed by atoms with E-state index in [4.69, 9.17) is 4.74 Å². The van der Waals surface area contributed by atoms with E-state index in [1.54, 1.807) is 6.20 Å². The molecule has 0 bridgehead atoms. The minimum atomic E-state index is -0.252. The summed E-state index contributed by atoms with van der Waals surface area (Å²) in [4.78, 5) is 12.0. The Morgan fingerprint density at radius 2 is 2.13 bits per heavy atom. The first-order valence-electron chi connectivity index (χ1n) is 7.82. The summed E-state index contributed by atoms with van der Waals surface area (Å²) in [6.45, 7) is 4.53. The lowest BCUT2D eigenvalue weighted by Crippen LogP contribution is -2.50. The van der Waals surface area contributed by atoms with Gasteiger partial charge in [-0.2, -0.15) is 5.10 Å². The van der Waals surface area contributed by atoms with Gasteiger partial charge in [0.1, 0.15) is 0 Å². The zero-order chi connectivity index (χ0) is 16.1. The Morgan fingerprint density at radius 3 is 2.78 bits per heavy atom. The number of hydrogen-bond acceptors (Lipinski definition) is 3. The quantitative estimate of drug-likeness (QED) is 0.886. The van der Waals surface area contributed by atoms with Gasteiger partial charge in [0.25, 0.3) is 0 Å². The maximum absolute atomic E-state index is 12.0. The van der Waals surface area contributed by atoms with E-state index in [9.17, 15) is 4.79 Å². The number of hydrogen-bond donors (Lipinski definition) is 2. The lowest BCUT2D eigenvalue weighted by Gasteiger charge is -2.23. The first-order chi connectivity index (χ1) is 11.1. The summed E-state index contributed by atoms with van der Waals surface area (Å²) in [5, 5.41) is 10.1. The molecule has 1 fully saturated rings. The SMILES string of the molecule is CC1(NC(=O)NCc2ccc(Cn3cccn3)cc2)CCOC1. The van der Waals surface area contributed by atoms with Crippen LogP contribution in [0.3, 0.4) is 0 Å². The van der Waals surface area contributed by atoms with Crippen LogP contribution in [0.15, 0.2) is 42.7 Å². The van der Waals surface area contributed by atoms with Gasteiger partial charge >= 0.3 is 6.03 Å². The topological polar surface area (TPSA) is 68.2 Å². The third-order valence-corrected chi connectivity index (χ3v) is 4.01. The summed E-state index contributed by atoms with van der Waals surface area (Å²) in [5.41, 5.74) is 1.99. The van der Waals surface area contributed by atoms with Gasteiger partial charge in [0.05, 0.1) is 18.7 Å². The highest BCUT2D eigenvalue weighted by atomic mass is 16.5. The Morgan fingerprint density at radius 1 is 1.35 bits per heavy atom. The van der Waals surface area contributed by atoms with Crippen molar-refractivity contribution in [3.8, 4) is 0 Å². The van der Waals surface area contributed by atoms with Gasteiger partial charge in [0, 0.05) is 25.5 Å². The molecule has 0 radical (unpaired) electrons. The van der Waals surface area contributed by atoms with Gasteiger partial charge in [-0.05, 0) is 30.5 Å². The van der Waals surface area contributed by atoms with Crippen LogP contribution >= 0.6 is 0 Å². The van der Waals surface area contributed by atoms with E-state index >= 15 is 0 Å². The third kappa shape index (κ3) is 4.32. The second-order valence-electron chi connectivity index (χ2n) is 6.19. The van der Waals surface area contributed by atoms with E-state index in [1.807, 2.05) is 36.0 Å². The Bertz CT molecular complexity index is 631. The highest BCUT2D eigenvalue weighted by molar-refractivity contribution is 5.74. The molecule has 1 aliphatic rings. The number of aromatic nitrogens is 2. The Hall–Kier alpha value is -2.34. The van der Waals surface area contributed by atoms with Crippen LogP contribution < -0.4 is 10.6 Å². The molecule has 2 amide bonds. The van der Waals surface area contributed by atoms with Crippen molar-refractivity contribution >= 4 is 6.03 Å². The Balaban J connectivity index is 1.47. The van der Waals surface area contributed by atoms with Crippen LogP contribution in [0.4, 0.5) is 4.79 Å². The van der Waals surface area contributed by atoms with Crippen LogP contribution in [0.1, 0.15) is 24.5 Å². The monoisotopic (exact) mass is 314 g/mol. The number of amides is 2. The maximum Gasteiger partial charge on any atom is 0.315 e. The smallest absolute Gasteiger partial charge is 0.315 e. The van der Waals surface area contributed by atoms with E-state index in [1.165, 1.54) is 5.56 Å². The van der Waals surface area contributed by atoms with Gasteiger partial charge in [0.15, 0.2) is 0 Å². The molecule has 6 heteroatoms. The van der Waals surface area contributed by atoms with Crippen molar-refractivity contribution in [2.75, 3.05) is 13.2 Å². The fourth-order valence-electron chi connectivity index (χ4n) is 2.61. The van der Waals surface area contributed by atoms with E-state index in [2.05, 4.69) is 27.9 Å². The van der Waals surface area contributed by atoms with Crippen molar-refractivity contribution in [1.82, 2.24) is 20.4 Å². The first-order valence-corrected chi connectivity index (χ1v) is 7.82. The Labute approximate surface area is 135 Å². The summed E-state index contributed by atoms with van der Waals surface area (Å²) in [6, 6.07) is 9.93. The number of carbonyl (C=O) groups is 1. The van der Waals surface area contributed by atoms with Crippen LogP contribution in [0.25, 0.3) is 0 Å². The molecule has 2 aromatic rings. The molecule has 23 heavy (non-hydrogen) atoms. The molecule has 3 rings (SSSR count). The molecule has 0 spiro atoms. The van der Waals surface area contributed by atoms with Gasteiger partial charge in [-0.25, -0.2) is 4.79 Å². The van der Waals surface area contributed by atoms with Gasteiger partial charge < -0.3 is 15.4 Å². The number of nitrogens with one attached hydrogen (secondary N) is 2. The molecule has 122 valence electrons. The third-order valence-electron chi connectivity index (χ3n) is 4.01. The summed E-state index contributed by atoms with van der Waals surface area (Å²) in [5.74, 6) is 0. The molecule has 1 unspecified atom stereocenters.